The quantitative estimate of drug-likeness (QED) is 0.626. The normalized spacial score (nSPS) is 18.2. The van der Waals surface area contributed by atoms with Gasteiger partial charge in [-0.15, -0.1) is 0 Å². The van der Waals surface area contributed by atoms with E-state index >= 15 is 0 Å². The molecule has 2 heterocycles. The first-order valence-electron chi connectivity index (χ1n) is 9.67. The van der Waals surface area contributed by atoms with Crippen LogP contribution in [-0.2, 0) is 12.5 Å². The number of nitrogens with zero attached hydrogens (tertiary/aromatic N) is 4. The number of aryl methyl sites for hydroxylation is 1. The van der Waals surface area contributed by atoms with Gasteiger partial charge < -0.3 is 10.2 Å². The minimum Gasteiger partial charge on any atom is -0.357 e. The average Bonchev–Trinajstić information content (AvgIpc) is 3.28. The lowest BCUT2D eigenvalue weighted by molar-refractivity contribution is 0.474. The monoisotopic (exact) mass is 387 g/mol. The van der Waals surface area contributed by atoms with Gasteiger partial charge in [-0.2, -0.15) is 5.10 Å². The highest BCUT2D eigenvalue weighted by Gasteiger charge is 2.28. The van der Waals surface area contributed by atoms with Crippen molar-refractivity contribution in [3.63, 3.8) is 0 Å². The fourth-order valence-corrected chi connectivity index (χ4v) is 4.06. The Bertz CT molecular complexity index is 795. The second-order valence-electron chi connectivity index (χ2n) is 7.91. The fraction of sp³-hybridized carbons (Fsp3) is 0.524. The number of hydrogen-bond acceptors (Lipinski definition) is 2. The summed E-state index contributed by atoms with van der Waals surface area (Å²) in [4.78, 5) is 7.33. The summed E-state index contributed by atoms with van der Waals surface area (Å²) < 4.78 is 1.88. The summed E-state index contributed by atoms with van der Waals surface area (Å²) in [5.41, 5.74) is 2.33. The first-order valence-corrected chi connectivity index (χ1v) is 10.1. The molecular formula is C21H30ClN5. The molecule has 1 N–H and O–H groups in total. The molecule has 1 aliphatic heterocycles. The molecule has 27 heavy (non-hydrogen) atoms. The Morgan fingerprint density at radius 3 is 2.81 bits per heavy atom. The predicted octanol–water partition coefficient (Wildman–Crippen LogP) is 3.81. The van der Waals surface area contributed by atoms with Crippen molar-refractivity contribution >= 4 is 17.6 Å². The van der Waals surface area contributed by atoms with Crippen molar-refractivity contribution in [2.45, 2.75) is 38.5 Å². The zero-order chi connectivity index (χ0) is 19.4. The Kier molecular flexibility index (Phi) is 6.10. The largest absolute Gasteiger partial charge is 0.357 e. The van der Waals surface area contributed by atoms with Crippen LogP contribution in [0.3, 0.4) is 0 Å². The van der Waals surface area contributed by atoms with Crippen molar-refractivity contribution < 1.29 is 0 Å². The maximum atomic E-state index is 6.42. The standard InChI is InChI=1S/C21H30ClN5/c1-5-23-20(24-15-21(2,3)18-8-6-7-9-19(18)22)27-11-10-16(14-27)17-12-25-26(4)13-17/h6-9,12-13,16H,5,10-11,14-15H2,1-4H3,(H,23,24). The highest BCUT2D eigenvalue weighted by molar-refractivity contribution is 6.31. The molecule has 0 aliphatic carbocycles. The number of rotatable bonds is 5. The van der Waals surface area contributed by atoms with Crippen LogP contribution < -0.4 is 5.32 Å². The predicted molar refractivity (Wildman–Crippen MR) is 113 cm³/mol. The van der Waals surface area contributed by atoms with E-state index in [-0.39, 0.29) is 5.41 Å². The molecular weight excluding hydrogens is 358 g/mol. The first-order chi connectivity index (χ1) is 12.9. The van der Waals surface area contributed by atoms with Crippen LogP contribution >= 0.6 is 11.6 Å². The van der Waals surface area contributed by atoms with Gasteiger partial charge in [0.25, 0.3) is 0 Å². The summed E-state index contributed by atoms with van der Waals surface area (Å²) in [5.74, 6) is 1.50. The maximum absolute atomic E-state index is 6.42. The average molecular weight is 388 g/mol. The molecule has 3 rings (SSSR count). The lowest BCUT2D eigenvalue weighted by Crippen LogP contribution is -2.41. The lowest BCUT2D eigenvalue weighted by atomic mass is 9.85. The van der Waals surface area contributed by atoms with Crippen molar-refractivity contribution in [2.75, 3.05) is 26.2 Å². The summed E-state index contributed by atoms with van der Waals surface area (Å²) in [7, 11) is 1.97. The zero-order valence-corrected chi connectivity index (χ0v) is 17.5. The molecule has 1 unspecified atom stereocenters. The third kappa shape index (κ3) is 4.64. The number of aliphatic imine (C=N–C) groups is 1. The van der Waals surface area contributed by atoms with E-state index in [9.17, 15) is 0 Å². The van der Waals surface area contributed by atoms with Crippen LogP contribution in [0.1, 0.15) is 44.2 Å². The van der Waals surface area contributed by atoms with Gasteiger partial charge in [-0.05, 0) is 30.5 Å². The Morgan fingerprint density at radius 2 is 2.15 bits per heavy atom. The van der Waals surface area contributed by atoms with Crippen LogP contribution in [0.15, 0.2) is 41.7 Å². The summed E-state index contributed by atoms with van der Waals surface area (Å²) in [6.07, 6.45) is 5.24. The van der Waals surface area contributed by atoms with E-state index in [1.165, 1.54) is 5.56 Å². The second-order valence-corrected chi connectivity index (χ2v) is 8.32. The van der Waals surface area contributed by atoms with Crippen molar-refractivity contribution in [1.82, 2.24) is 20.0 Å². The SMILES string of the molecule is CCNC(=NCC(C)(C)c1ccccc1Cl)N1CCC(c2cnn(C)c2)C1. The maximum Gasteiger partial charge on any atom is 0.193 e. The molecule has 0 amide bonds. The molecule has 0 bridgehead atoms. The zero-order valence-electron chi connectivity index (χ0n) is 16.7. The molecule has 5 nitrogen and oxygen atoms in total. The molecule has 1 aromatic carbocycles. The smallest absolute Gasteiger partial charge is 0.193 e. The molecule has 0 spiro atoms. The third-order valence-corrected chi connectivity index (χ3v) is 5.58. The third-order valence-electron chi connectivity index (χ3n) is 5.25. The van der Waals surface area contributed by atoms with Crippen molar-refractivity contribution in [3.8, 4) is 0 Å². The number of benzene rings is 1. The van der Waals surface area contributed by atoms with Gasteiger partial charge in [0.15, 0.2) is 5.96 Å². The van der Waals surface area contributed by atoms with E-state index in [0.29, 0.717) is 12.5 Å². The summed E-state index contributed by atoms with van der Waals surface area (Å²) in [6, 6.07) is 8.06. The molecule has 1 aromatic heterocycles. The molecule has 1 fully saturated rings. The Labute approximate surface area is 167 Å². The number of aromatic nitrogens is 2. The minimum atomic E-state index is -0.124. The Morgan fingerprint density at radius 1 is 1.37 bits per heavy atom. The number of guanidine groups is 1. The van der Waals surface area contributed by atoms with Crippen molar-refractivity contribution in [1.29, 1.82) is 0 Å². The molecule has 2 aromatic rings. The van der Waals surface area contributed by atoms with Gasteiger partial charge in [0.1, 0.15) is 0 Å². The number of hydrogen-bond donors (Lipinski definition) is 1. The number of likely N-dealkylation sites (tertiary alicyclic amines) is 1. The van der Waals surface area contributed by atoms with Gasteiger partial charge in [-0.1, -0.05) is 43.6 Å². The Balaban J connectivity index is 1.72. The van der Waals surface area contributed by atoms with Gasteiger partial charge in [0, 0.05) is 49.2 Å². The van der Waals surface area contributed by atoms with Crippen LogP contribution in [0.5, 0.6) is 0 Å². The van der Waals surface area contributed by atoms with E-state index in [0.717, 1.165) is 42.6 Å². The second kappa shape index (κ2) is 8.34. The summed E-state index contributed by atoms with van der Waals surface area (Å²) in [5, 5.41) is 8.59. The molecule has 1 aliphatic rings. The minimum absolute atomic E-state index is 0.124. The highest BCUT2D eigenvalue weighted by atomic mass is 35.5. The van der Waals surface area contributed by atoms with Gasteiger partial charge in [0.2, 0.25) is 0 Å². The van der Waals surface area contributed by atoms with Crippen LogP contribution in [0, 0.1) is 0 Å². The van der Waals surface area contributed by atoms with Crippen molar-refractivity contribution in [2.24, 2.45) is 12.0 Å². The van der Waals surface area contributed by atoms with Gasteiger partial charge >= 0.3 is 0 Å². The Hall–Kier alpha value is -2.01. The van der Waals surface area contributed by atoms with E-state index < -0.39 is 0 Å². The molecule has 1 saturated heterocycles. The number of halogens is 1. The molecule has 146 valence electrons. The van der Waals surface area contributed by atoms with Crippen molar-refractivity contribution in [3.05, 3.63) is 52.8 Å². The summed E-state index contributed by atoms with van der Waals surface area (Å²) in [6.45, 7) is 10.0. The number of nitrogens with one attached hydrogen (secondary N) is 1. The molecule has 0 radical (unpaired) electrons. The molecule has 0 saturated carbocycles. The van der Waals surface area contributed by atoms with Gasteiger partial charge in [-0.25, -0.2) is 0 Å². The van der Waals surface area contributed by atoms with Crippen LogP contribution in [0.2, 0.25) is 5.02 Å². The fourth-order valence-electron chi connectivity index (χ4n) is 3.67. The molecule has 6 heteroatoms. The summed E-state index contributed by atoms with van der Waals surface area (Å²) >= 11 is 6.42. The van der Waals surface area contributed by atoms with E-state index in [1.807, 2.05) is 36.1 Å². The van der Waals surface area contributed by atoms with Crippen LogP contribution in [0.25, 0.3) is 0 Å². The van der Waals surface area contributed by atoms with E-state index in [2.05, 4.69) is 48.3 Å². The van der Waals surface area contributed by atoms with Crippen LogP contribution in [0.4, 0.5) is 0 Å². The van der Waals surface area contributed by atoms with Crippen LogP contribution in [-0.4, -0.2) is 46.8 Å². The molecule has 1 atom stereocenters. The van der Waals surface area contributed by atoms with E-state index in [4.69, 9.17) is 16.6 Å². The lowest BCUT2D eigenvalue weighted by Gasteiger charge is -2.27. The topological polar surface area (TPSA) is 45.5 Å². The first kappa shape index (κ1) is 19.7. The van der Waals surface area contributed by atoms with Gasteiger partial charge in [0.05, 0.1) is 12.7 Å². The van der Waals surface area contributed by atoms with Gasteiger partial charge in [-0.3, -0.25) is 9.67 Å². The van der Waals surface area contributed by atoms with E-state index in [1.54, 1.807) is 0 Å². The highest BCUT2D eigenvalue weighted by Crippen LogP contribution is 2.30.